The summed E-state index contributed by atoms with van der Waals surface area (Å²) in [5.74, 6) is -1.05. The molecule has 0 amide bonds. The molecule has 0 fully saturated rings. The fourth-order valence-corrected chi connectivity index (χ4v) is 1.89. The van der Waals surface area contributed by atoms with Gasteiger partial charge < -0.3 is 9.47 Å². The highest BCUT2D eigenvalue weighted by atomic mass is 35.5. The SMILES string of the molecule is CCOC(=O)C1Cc2ccc(Cl)cc2C(=O)O1. The van der Waals surface area contributed by atoms with E-state index in [0.717, 1.165) is 5.56 Å². The Bertz CT molecular complexity index is 470. The first-order chi connectivity index (χ1) is 8.11. The Balaban J connectivity index is 2.25. The number of halogens is 1. The number of rotatable bonds is 2. The number of benzene rings is 1. The Morgan fingerprint density at radius 1 is 1.59 bits per heavy atom. The van der Waals surface area contributed by atoms with Crippen molar-refractivity contribution < 1.29 is 19.1 Å². The van der Waals surface area contributed by atoms with Gasteiger partial charge in [-0.2, -0.15) is 0 Å². The molecule has 0 radical (unpaired) electrons. The van der Waals surface area contributed by atoms with Gasteiger partial charge >= 0.3 is 11.9 Å². The lowest BCUT2D eigenvalue weighted by atomic mass is 9.99. The molecule has 1 aliphatic rings. The minimum atomic E-state index is -0.851. The van der Waals surface area contributed by atoms with Crippen molar-refractivity contribution in [3.05, 3.63) is 34.3 Å². The summed E-state index contributed by atoms with van der Waals surface area (Å²) in [5, 5.41) is 0.468. The maximum atomic E-state index is 11.7. The molecule has 1 unspecified atom stereocenters. The molecule has 4 nitrogen and oxygen atoms in total. The second-order valence-electron chi connectivity index (χ2n) is 3.65. The molecule has 0 spiro atoms. The summed E-state index contributed by atoms with van der Waals surface area (Å²) in [7, 11) is 0. The van der Waals surface area contributed by atoms with Crippen molar-refractivity contribution in [1.82, 2.24) is 0 Å². The zero-order chi connectivity index (χ0) is 12.4. The summed E-state index contributed by atoms with van der Waals surface area (Å²) < 4.78 is 9.84. The van der Waals surface area contributed by atoms with E-state index in [1.54, 1.807) is 25.1 Å². The van der Waals surface area contributed by atoms with Crippen molar-refractivity contribution in [3.8, 4) is 0 Å². The summed E-state index contributed by atoms with van der Waals surface area (Å²) in [4.78, 5) is 23.2. The molecule has 0 aliphatic carbocycles. The third kappa shape index (κ3) is 2.42. The highest BCUT2D eigenvalue weighted by molar-refractivity contribution is 6.31. The van der Waals surface area contributed by atoms with Gasteiger partial charge in [0.25, 0.3) is 0 Å². The molecule has 1 aliphatic heterocycles. The normalized spacial score (nSPS) is 18.2. The highest BCUT2D eigenvalue weighted by Gasteiger charge is 2.32. The molecule has 0 saturated heterocycles. The fraction of sp³-hybridized carbons (Fsp3) is 0.333. The number of esters is 2. The van der Waals surface area contributed by atoms with Crippen molar-refractivity contribution in [2.75, 3.05) is 6.61 Å². The van der Waals surface area contributed by atoms with E-state index in [9.17, 15) is 9.59 Å². The van der Waals surface area contributed by atoms with Gasteiger partial charge in [-0.1, -0.05) is 17.7 Å². The molecule has 2 rings (SSSR count). The largest absolute Gasteiger partial charge is 0.463 e. The van der Waals surface area contributed by atoms with Crippen LogP contribution in [0.2, 0.25) is 5.02 Å². The number of ether oxygens (including phenoxy) is 2. The Morgan fingerprint density at radius 2 is 2.35 bits per heavy atom. The van der Waals surface area contributed by atoms with Gasteiger partial charge in [-0.05, 0) is 24.6 Å². The van der Waals surface area contributed by atoms with Gasteiger partial charge in [-0.3, -0.25) is 0 Å². The molecule has 1 aromatic carbocycles. The lowest BCUT2D eigenvalue weighted by molar-refractivity contribution is -0.153. The maximum Gasteiger partial charge on any atom is 0.347 e. The van der Waals surface area contributed by atoms with Gasteiger partial charge in [-0.15, -0.1) is 0 Å². The van der Waals surface area contributed by atoms with Crippen molar-refractivity contribution in [2.45, 2.75) is 19.4 Å². The monoisotopic (exact) mass is 254 g/mol. The van der Waals surface area contributed by atoms with Crippen LogP contribution < -0.4 is 0 Å². The first-order valence-corrected chi connectivity index (χ1v) is 5.65. The average Bonchev–Trinajstić information content (AvgIpc) is 2.30. The summed E-state index contributed by atoms with van der Waals surface area (Å²) in [6.45, 7) is 1.97. The summed E-state index contributed by atoms with van der Waals surface area (Å²) in [6.07, 6.45) is -0.520. The molecular weight excluding hydrogens is 244 g/mol. The Hall–Kier alpha value is -1.55. The molecule has 17 heavy (non-hydrogen) atoms. The molecule has 0 bridgehead atoms. The van der Waals surface area contributed by atoms with Crippen LogP contribution in [0.4, 0.5) is 0 Å². The maximum absolute atomic E-state index is 11.7. The number of hydrogen-bond acceptors (Lipinski definition) is 4. The van der Waals surface area contributed by atoms with Gasteiger partial charge in [0, 0.05) is 11.4 Å². The van der Waals surface area contributed by atoms with E-state index in [-0.39, 0.29) is 6.61 Å². The Labute approximate surface area is 103 Å². The minimum absolute atomic E-state index is 0.264. The topological polar surface area (TPSA) is 52.6 Å². The summed E-state index contributed by atoms with van der Waals surface area (Å²) >= 11 is 5.79. The lowest BCUT2D eigenvalue weighted by Gasteiger charge is -2.23. The Kier molecular flexibility index (Phi) is 3.33. The van der Waals surface area contributed by atoms with Crippen molar-refractivity contribution in [1.29, 1.82) is 0 Å². The molecule has 0 aromatic heterocycles. The van der Waals surface area contributed by atoms with Gasteiger partial charge in [0.05, 0.1) is 12.2 Å². The van der Waals surface area contributed by atoms with Crippen molar-refractivity contribution in [2.24, 2.45) is 0 Å². The summed E-state index contributed by atoms with van der Waals surface area (Å²) in [6, 6.07) is 4.95. The van der Waals surface area contributed by atoms with E-state index in [2.05, 4.69) is 0 Å². The Morgan fingerprint density at radius 3 is 3.06 bits per heavy atom. The molecular formula is C12H11ClO4. The molecule has 0 N–H and O–H groups in total. The van der Waals surface area contributed by atoms with E-state index in [1.165, 1.54) is 0 Å². The van der Waals surface area contributed by atoms with Crippen LogP contribution in [-0.2, 0) is 20.7 Å². The van der Waals surface area contributed by atoms with Crippen LogP contribution in [0.25, 0.3) is 0 Å². The standard InChI is InChI=1S/C12H11ClO4/c1-2-16-12(15)10-5-7-3-4-8(13)6-9(7)11(14)17-10/h3-4,6,10H,2,5H2,1H3. The van der Waals surface area contributed by atoms with Crippen LogP contribution in [0.1, 0.15) is 22.8 Å². The number of hydrogen-bond donors (Lipinski definition) is 0. The van der Waals surface area contributed by atoms with Crippen LogP contribution in [0.5, 0.6) is 0 Å². The predicted octanol–water partition coefficient (Wildman–Crippen LogP) is 1.98. The first-order valence-electron chi connectivity index (χ1n) is 5.28. The predicted molar refractivity (Wildman–Crippen MR) is 61.0 cm³/mol. The second-order valence-corrected chi connectivity index (χ2v) is 4.09. The second kappa shape index (κ2) is 4.75. The van der Waals surface area contributed by atoms with Gasteiger partial charge in [0.1, 0.15) is 0 Å². The number of cyclic esters (lactones) is 1. The van der Waals surface area contributed by atoms with E-state index in [1.807, 2.05) is 0 Å². The number of fused-ring (bicyclic) bond motifs is 1. The molecule has 5 heteroatoms. The molecule has 1 aromatic rings. The quantitative estimate of drug-likeness (QED) is 0.758. The average molecular weight is 255 g/mol. The van der Waals surface area contributed by atoms with Crippen molar-refractivity contribution >= 4 is 23.5 Å². The van der Waals surface area contributed by atoms with E-state index >= 15 is 0 Å². The van der Waals surface area contributed by atoms with Crippen molar-refractivity contribution in [3.63, 3.8) is 0 Å². The molecule has 0 saturated carbocycles. The summed E-state index contributed by atoms with van der Waals surface area (Å²) in [5.41, 5.74) is 1.17. The zero-order valence-corrected chi connectivity index (χ0v) is 9.99. The van der Waals surface area contributed by atoms with Crippen LogP contribution in [-0.4, -0.2) is 24.6 Å². The fourth-order valence-electron chi connectivity index (χ4n) is 1.72. The third-order valence-electron chi connectivity index (χ3n) is 2.50. The zero-order valence-electron chi connectivity index (χ0n) is 9.23. The van der Waals surface area contributed by atoms with Gasteiger partial charge in [0.2, 0.25) is 6.10 Å². The van der Waals surface area contributed by atoms with Gasteiger partial charge in [-0.25, -0.2) is 9.59 Å². The van der Waals surface area contributed by atoms with E-state index < -0.39 is 18.0 Å². The van der Waals surface area contributed by atoms with Crippen LogP contribution in [0.3, 0.4) is 0 Å². The number of carbonyl (C=O) groups is 2. The number of carbonyl (C=O) groups excluding carboxylic acids is 2. The van der Waals surface area contributed by atoms with E-state index in [4.69, 9.17) is 21.1 Å². The molecule has 1 atom stereocenters. The van der Waals surface area contributed by atoms with Crippen LogP contribution >= 0.6 is 11.6 Å². The molecule has 90 valence electrons. The van der Waals surface area contributed by atoms with Gasteiger partial charge in [0.15, 0.2) is 0 Å². The van der Waals surface area contributed by atoms with Crippen LogP contribution in [0, 0.1) is 0 Å². The first kappa shape index (κ1) is 11.9. The smallest absolute Gasteiger partial charge is 0.347 e. The third-order valence-corrected chi connectivity index (χ3v) is 2.73. The molecule has 1 heterocycles. The van der Waals surface area contributed by atoms with E-state index in [0.29, 0.717) is 17.0 Å². The van der Waals surface area contributed by atoms with Crippen LogP contribution in [0.15, 0.2) is 18.2 Å². The lowest BCUT2D eigenvalue weighted by Crippen LogP contribution is -2.35. The minimum Gasteiger partial charge on any atom is -0.463 e. The highest BCUT2D eigenvalue weighted by Crippen LogP contribution is 2.24.